The lowest BCUT2D eigenvalue weighted by Crippen LogP contribution is -2.48. The molecule has 2 aromatic carbocycles. The van der Waals surface area contributed by atoms with Gasteiger partial charge >= 0.3 is 0 Å². The van der Waals surface area contributed by atoms with Crippen molar-refractivity contribution in [1.29, 1.82) is 0 Å². The molecule has 4 rings (SSSR count). The minimum atomic E-state index is -0.111. The monoisotopic (exact) mass is 480 g/mol. The number of amides is 2. The second kappa shape index (κ2) is 11.1. The zero-order chi connectivity index (χ0) is 24.1. The van der Waals surface area contributed by atoms with Crippen LogP contribution in [0.3, 0.4) is 0 Å². The summed E-state index contributed by atoms with van der Waals surface area (Å²) in [5.74, 6) is 0.578. The number of methoxy groups -OCH3 is 1. The lowest BCUT2D eigenvalue weighted by atomic mass is 10.1. The first-order chi connectivity index (χ1) is 16.5. The lowest BCUT2D eigenvalue weighted by Gasteiger charge is -2.33. The van der Waals surface area contributed by atoms with Gasteiger partial charge < -0.3 is 19.9 Å². The lowest BCUT2D eigenvalue weighted by molar-refractivity contribution is -0.114. The molecule has 0 radical (unpaired) electrons. The van der Waals surface area contributed by atoms with Crippen LogP contribution >= 0.6 is 11.8 Å². The summed E-state index contributed by atoms with van der Waals surface area (Å²) < 4.78 is 5.20. The summed E-state index contributed by atoms with van der Waals surface area (Å²) in [5.41, 5.74) is 2.25. The number of carbonyl (C=O) groups is 2. The number of likely N-dealkylation sites (N-methyl/N-ethyl adjacent to an activating group) is 2. The van der Waals surface area contributed by atoms with Crippen LogP contribution in [0.25, 0.3) is 6.08 Å². The van der Waals surface area contributed by atoms with E-state index in [0.717, 1.165) is 61.2 Å². The van der Waals surface area contributed by atoms with Crippen molar-refractivity contribution in [2.45, 2.75) is 11.8 Å². The molecule has 2 aromatic rings. The van der Waals surface area contributed by atoms with Crippen molar-refractivity contribution in [2.24, 2.45) is 0 Å². The highest BCUT2D eigenvalue weighted by atomic mass is 32.2. The molecule has 1 fully saturated rings. The summed E-state index contributed by atoms with van der Waals surface area (Å²) in [6.45, 7) is 9.00. The molecule has 1 saturated heterocycles. The predicted molar refractivity (Wildman–Crippen MR) is 138 cm³/mol. The molecule has 2 aliphatic rings. The Balaban J connectivity index is 1.38. The molecule has 2 aliphatic heterocycles. The molecule has 180 valence electrons. The Morgan fingerprint density at radius 2 is 1.79 bits per heavy atom. The number of carbonyl (C=O) groups excluding carboxylic acids is 2. The van der Waals surface area contributed by atoms with Crippen molar-refractivity contribution in [3.8, 4) is 5.75 Å². The molecule has 0 atom stereocenters. The highest BCUT2D eigenvalue weighted by Gasteiger charge is 2.27. The smallest absolute Gasteiger partial charge is 0.264 e. The fourth-order valence-corrected chi connectivity index (χ4v) is 5.24. The molecule has 0 aromatic heterocycles. The van der Waals surface area contributed by atoms with Crippen LogP contribution in [-0.4, -0.2) is 81.6 Å². The van der Waals surface area contributed by atoms with E-state index in [-0.39, 0.29) is 11.8 Å². The van der Waals surface area contributed by atoms with Gasteiger partial charge in [0, 0.05) is 56.8 Å². The van der Waals surface area contributed by atoms with Crippen molar-refractivity contribution in [3.63, 3.8) is 0 Å². The van der Waals surface area contributed by atoms with Gasteiger partial charge in [-0.15, -0.1) is 0 Å². The number of thioether (sulfide) groups is 1. The quantitative estimate of drug-likeness (QED) is 0.614. The molecule has 0 unspecified atom stereocenters. The number of hydrogen-bond acceptors (Lipinski definition) is 6. The van der Waals surface area contributed by atoms with E-state index in [0.29, 0.717) is 17.0 Å². The molecule has 2 amide bonds. The Hall–Kier alpha value is -2.81. The summed E-state index contributed by atoms with van der Waals surface area (Å²) in [7, 11) is 3.38. The third kappa shape index (κ3) is 5.63. The van der Waals surface area contributed by atoms with Crippen molar-refractivity contribution in [3.05, 3.63) is 58.5 Å². The van der Waals surface area contributed by atoms with Gasteiger partial charge in [-0.3, -0.25) is 14.5 Å². The van der Waals surface area contributed by atoms with Gasteiger partial charge in [-0.05, 0) is 48.5 Å². The van der Waals surface area contributed by atoms with Gasteiger partial charge in [-0.1, -0.05) is 30.8 Å². The van der Waals surface area contributed by atoms with E-state index in [1.54, 1.807) is 25.1 Å². The van der Waals surface area contributed by atoms with Crippen molar-refractivity contribution in [2.75, 3.05) is 64.9 Å². The topological polar surface area (TPSA) is 65.1 Å². The molecule has 1 N–H and O–H groups in total. The van der Waals surface area contributed by atoms with Crippen LogP contribution in [0.15, 0.2) is 52.3 Å². The Kier molecular flexibility index (Phi) is 7.92. The summed E-state index contributed by atoms with van der Waals surface area (Å²) in [6, 6.07) is 13.1. The van der Waals surface area contributed by atoms with Gasteiger partial charge in [-0.25, -0.2) is 0 Å². The van der Waals surface area contributed by atoms with E-state index in [4.69, 9.17) is 4.74 Å². The Morgan fingerprint density at radius 3 is 2.47 bits per heavy atom. The zero-order valence-corrected chi connectivity index (χ0v) is 20.9. The van der Waals surface area contributed by atoms with Crippen molar-refractivity contribution >= 4 is 35.3 Å². The molecule has 8 heteroatoms. The molecule has 0 saturated carbocycles. The van der Waals surface area contributed by atoms with Gasteiger partial charge in [0.25, 0.3) is 11.8 Å². The maximum absolute atomic E-state index is 13.0. The fraction of sp³-hybridized carbons (Fsp3) is 0.385. The maximum Gasteiger partial charge on any atom is 0.264 e. The molecule has 0 bridgehead atoms. The predicted octanol–water partition coefficient (Wildman–Crippen LogP) is 3.17. The molecule has 0 spiro atoms. The minimum absolute atomic E-state index is 0.0860. The van der Waals surface area contributed by atoms with Gasteiger partial charge in [-0.2, -0.15) is 0 Å². The van der Waals surface area contributed by atoms with E-state index in [1.807, 2.05) is 42.5 Å². The first kappa shape index (κ1) is 24.3. The first-order valence-corrected chi connectivity index (χ1v) is 12.5. The second-order valence-electron chi connectivity index (χ2n) is 8.46. The third-order valence-corrected chi connectivity index (χ3v) is 7.43. The van der Waals surface area contributed by atoms with Crippen LogP contribution in [0.1, 0.15) is 22.8 Å². The number of fused-ring (bicyclic) bond motifs is 1. The Bertz CT molecular complexity index is 1060. The van der Waals surface area contributed by atoms with E-state index < -0.39 is 0 Å². The number of hydrogen-bond donors (Lipinski definition) is 1. The molecular formula is C26H32N4O3S. The fourth-order valence-electron chi connectivity index (χ4n) is 4.15. The summed E-state index contributed by atoms with van der Waals surface area (Å²) >= 11 is 1.43. The Labute approximate surface area is 205 Å². The first-order valence-electron chi connectivity index (χ1n) is 11.7. The number of benzene rings is 2. The van der Waals surface area contributed by atoms with Crippen LogP contribution in [-0.2, 0) is 4.79 Å². The molecule has 0 aliphatic carbocycles. The normalized spacial score (nSPS) is 18.1. The van der Waals surface area contributed by atoms with Crippen LogP contribution in [0, 0.1) is 0 Å². The van der Waals surface area contributed by atoms with E-state index >= 15 is 0 Å². The summed E-state index contributed by atoms with van der Waals surface area (Å²) in [4.78, 5) is 33.8. The highest BCUT2D eigenvalue weighted by Crippen LogP contribution is 2.42. The van der Waals surface area contributed by atoms with Gasteiger partial charge in [0.2, 0.25) is 0 Å². The summed E-state index contributed by atoms with van der Waals surface area (Å²) in [5, 5.41) is 3.03. The van der Waals surface area contributed by atoms with Gasteiger partial charge in [0.05, 0.1) is 17.7 Å². The molecule has 2 heterocycles. The van der Waals surface area contributed by atoms with Crippen LogP contribution in [0.5, 0.6) is 5.75 Å². The van der Waals surface area contributed by atoms with E-state index in [9.17, 15) is 9.59 Å². The molecular weight excluding hydrogens is 448 g/mol. The van der Waals surface area contributed by atoms with Crippen LogP contribution in [0.2, 0.25) is 0 Å². The zero-order valence-electron chi connectivity index (χ0n) is 20.0. The second-order valence-corrected chi connectivity index (χ2v) is 9.55. The van der Waals surface area contributed by atoms with E-state index in [1.165, 1.54) is 11.8 Å². The maximum atomic E-state index is 13.0. The number of piperazine rings is 1. The number of ether oxygens (including phenoxy) is 1. The SMILES string of the molecule is CCN1CCN(CCNC(=O)c2ccc3c(c2)N(C)C(=O)C(=Cc2ccc(OC)cc2)S3)CC1. The van der Waals surface area contributed by atoms with Crippen LogP contribution in [0.4, 0.5) is 5.69 Å². The Morgan fingerprint density at radius 1 is 1.09 bits per heavy atom. The van der Waals surface area contributed by atoms with E-state index in [2.05, 4.69) is 22.0 Å². The third-order valence-electron chi connectivity index (χ3n) is 6.36. The standard InChI is InChI=1S/C26H32N4O3S/c1-4-29-13-15-30(16-14-29)12-11-27-25(31)20-7-10-23-22(18-20)28(2)26(32)24(34-23)17-19-5-8-21(33-3)9-6-19/h5-10,17-18H,4,11-16H2,1-3H3,(H,27,31). The minimum Gasteiger partial charge on any atom is -0.497 e. The average Bonchev–Trinajstić information content (AvgIpc) is 2.87. The highest BCUT2D eigenvalue weighted by molar-refractivity contribution is 8.04. The number of anilines is 1. The van der Waals surface area contributed by atoms with Gasteiger partial charge in [0.15, 0.2) is 0 Å². The molecule has 34 heavy (non-hydrogen) atoms. The van der Waals surface area contributed by atoms with Crippen LogP contribution < -0.4 is 15.0 Å². The number of nitrogens with zero attached hydrogens (tertiary/aromatic N) is 3. The van der Waals surface area contributed by atoms with Crippen molar-refractivity contribution < 1.29 is 14.3 Å². The number of rotatable bonds is 7. The number of nitrogens with one attached hydrogen (secondary N) is 1. The average molecular weight is 481 g/mol. The largest absolute Gasteiger partial charge is 0.497 e. The van der Waals surface area contributed by atoms with Crippen molar-refractivity contribution in [1.82, 2.24) is 15.1 Å². The van der Waals surface area contributed by atoms with Gasteiger partial charge in [0.1, 0.15) is 5.75 Å². The summed E-state index contributed by atoms with van der Waals surface area (Å²) in [6.07, 6.45) is 1.88. The molecule has 7 nitrogen and oxygen atoms in total.